The summed E-state index contributed by atoms with van der Waals surface area (Å²) < 4.78 is 5.43. The van der Waals surface area contributed by atoms with Gasteiger partial charge < -0.3 is 20.3 Å². The van der Waals surface area contributed by atoms with Crippen molar-refractivity contribution in [2.75, 3.05) is 33.3 Å². The SMILES string of the molecule is CCNC(=NCC(C)(C)OC)NC1CCN(C(=O)C2CCCC2)C1. The predicted molar refractivity (Wildman–Crippen MR) is 97.1 cm³/mol. The number of ether oxygens (including phenoxy) is 1. The average Bonchev–Trinajstić information content (AvgIpc) is 3.24. The van der Waals surface area contributed by atoms with E-state index in [1.54, 1.807) is 7.11 Å². The lowest BCUT2D eigenvalue weighted by Crippen LogP contribution is -2.46. The molecule has 1 heterocycles. The van der Waals surface area contributed by atoms with Crippen molar-refractivity contribution in [2.45, 2.75) is 64.5 Å². The highest BCUT2D eigenvalue weighted by atomic mass is 16.5. The Kier molecular flexibility index (Phi) is 6.90. The number of hydrogen-bond donors (Lipinski definition) is 2. The molecule has 0 radical (unpaired) electrons. The van der Waals surface area contributed by atoms with Crippen molar-refractivity contribution in [1.29, 1.82) is 0 Å². The maximum absolute atomic E-state index is 12.5. The van der Waals surface area contributed by atoms with E-state index in [0.717, 1.165) is 44.9 Å². The molecule has 0 aromatic rings. The van der Waals surface area contributed by atoms with E-state index >= 15 is 0 Å². The highest BCUT2D eigenvalue weighted by Crippen LogP contribution is 2.27. The first-order valence-electron chi connectivity index (χ1n) is 9.34. The smallest absolute Gasteiger partial charge is 0.225 e. The molecule has 0 bridgehead atoms. The van der Waals surface area contributed by atoms with E-state index < -0.39 is 0 Å². The fourth-order valence-electron chi connectivity index (χ4n) is 3.36. The zero-order valence-electron chi connectivity index (χ0n) is 15.7. The minimum atomic E-state index is -0.275. The van der Waals surface area contributed by atoms with E-state index in [-0.39, 0.29) is 17.6 Å². The molecule has 2 aliphatic rings. The normalized spacial score (nSPS) is 22.9. The van der Waals surface area contributed by atoms with Gasteiger partial charge in [-0.2, -0.15) is 0 Å². The summed E-state index contributed by atoms with van der Waals surface area (Å²) in [5.74, 6) is 1.44. The van der Waals surface area contributed by atoms with Gasteiger partial charge in [-0.1, -0.05) is 12.8 Å². The number of nitrogens with one attached hydrogen (secondary N) is 2. The van der Waals surface area contributed by atoms with Gasteiger partial charge in [0, 0.05) is 38.7 Å². The van der Waals surface area contributed by atoms with Crippen LogP contribution >= 0.6 is 0 Å². The molecule has 1 atom stereocenters. The summed E-state index contributed by atoms with van der Waals surface area (Å²) in [4.78, 5) is 19.2. The van der Waals surface area contributed by atoms with E-state index in [2.05, 4.69) is 22.5 Å². The highest BCUT2D eigenvalue weighted by molar-refractivity contribution is 5.81. The minimum absolute atomic E-state index is 0.271. The van der Waals surface area contributed by atoms with E-state index in [0.29, 0.717) is 12.5 Å². The summed E-state index contributed by atoms with van der Waals surface area (Å²) in [5, 5.41) is 6.76. The van der Waals surface area contributed by atoms with Crippen LogP contribution in [0.15, 0.2) is 4.99 Å². The van der Waals surface area contributed by atoms with Crippen molar-refractivity contribution in [3.8, 4) is 0 Å². The summed E-state index contributed by atoms with van der Waals surface area (Å²) in [5.41, 5.74) is -0.275. The third-order valence-corrected chi connectivity index (χ3v) is 5.06. The van der Waals surface area contributed by atoms with Crippen LogP contribution in [0.2, 0.25) is 0 Å². The number of hydrogen-bond acceptors (Lipinski definition) is 3. The third kappa shape index (κ3) is 5.36. The lowest BCUT2D eigenvalue weighted by atomic mass is 10.1. The monoisotopic (exact) mass is 338 g/mol. The number of nitrogens with zero attached hydrogens (tertiary/aromatic N) is 2. The van der Waals surface area contributed by atoms with Crippen molar-refractivity contribution in [1.82, 2.24) is 15.5 Å². The van der Waals surface area contributed by atoms with Crippen LogP contribution in [0, 0.1) is 5.92 Å². The number of likely N-dealkylation sites (tertiary alicyclic amines) is 1. The zero-order valence-corrected chi connectivity index (χ0v) is 15.7. The molecule has 2 rings (SSSR count). The number of amides is 1. The maximum atomic E-state index is 12.5. The van der Waals surface area contributed by atoms with Crippen LogP contribution in [0.1, 0.15) is 52.9 Å². The molecule has 0 aromatic carbocycles. The second-order valence-corrected chi connectivity index (χ2v) is 7.55. The minimum Gasteiger partial charge on any atom is -0.377 e. The Bertz CT molecular complexity index is 444. The first-order valence-corrected chi connectivity index (χ1v) is 9.34. The molecular formula is C18H34N4O2. The molecular weight excluding hydrogens is 304 g/mol. The third-order valence-electron chi connectivity index (χ3n) is 5.06. The lowest BCUT2D eigenvalue weighted by Gasteiger charge is -2.23. The van der Waals surface area contributed by atoms with Crippen molar-refractivity contribution >= 4 is 11.9 Å². The molecule has 2 fully saturated rings. The molecule has 1 aliphatic carbocycles. The van der Waals surface area contributed by atoms with Gasteiger partial charge in [0.15, 0.2) is 5.96 Å². The molecule has 1 saturated heterocycles. The van der Waals surface area contributed by atoms with Gasteiger partial charge in [0.1, 0.15) is 0 Å². The molecule has 2 N–H and O–H groups in total. The molecule has 1 unspecified atom stereocenters. The second-order valence-electron chi connectivity index (χ2n) is 7.55. The van der Waals surface area contributed by atoms with E-state index in [1.165, 1.54) is 12.8 Å². The summed E-state index contributed by atoms with van der Waals surface area (Å²) in [6.45, 7) is 9.16. The Hall–Kier alpha value is -1.30. The summed E-state index contributed by atoms with van der Waals surface area (Å²) in [7, 11) is 1.71. The largest absolute Gasteiger partial charge is 0.377 e. The predicted octanol–water partition coefficient (Wildman–Crippen LogP) is 1.76. The first kappa shape index (κ1) is 19.0. The van der Waals surface area contributed by atoms with Crippen LogP contribution in [0.3, 0.4) is 0 Å². The number of carbonyl (C=O) groups is 1. The van der Waals surface area contributed by atoms with Crippen molar-refractivity contribution < 1.29 is 9.53 Å². The molecule has 1 aliphatic heterocycles. The number of rotatable bonds is 6. The van der Waals surface area contributed by atoms with Gasteiger partial charge in [0.25, 0.3) is 0 Å². The van der Waals surface area contributed by atoms with Crippen molar-refractivity contribution in [3.05, 3.63) is 0 Å². The molecule has 6 nitrogen and oxygen atoms in total. The molecule has 1 amide bonds. The quantitative estimate of drug-likeness (QED) is 0.572. The lowest BCUT2D eigenvalue weighted by molar-refractivity contribution is -0.134. The van der Waals surface area contributed by atoms with Crippen LogP contribution in [0.25, 0.3) is 0 Å². The Morgan fingerprint density at radius 2 is 2.00 bits per heavy atom. The Morgan fingerprint density at radius 3 is 2.62 bits per heavy atom. The Labute approximate surface area is 146 Å². The molecule has 1 saturated carbocycles. The molecule has 0 spiro atoms. The van der Waals surface area contributed by atoms with Crippen LogP contribution in [-0.4, -0.2) is 61.7 Å². The Morgan fingerprint density at radius 1 is 1.29 bits per heavy atom. The number of methoxy groups -OCH3 is 1. The summed E-state index contributed by atoms with van der Waals surface area (Å²) in [6, 6.07) is 0.277. The van der Waals surface area contributed by atoms with Gasteiger partial charge in [-0.15, -0.1) is 0 Å². The molecule has 24 heavy (non-hydrogen) atoms. The fraction of sp³-hybridized carbons (Fsp3) is 0.889. The van der Waals surface area contributed by atoms with Gasteiger partial charge >= 0.3 is 0 Å². The second kappa shape index (κ2) is 8.70. The standard InChI is InChI=1S/C18H34N4O2/c1-5-19-17(20-13-18(2,3)24-4)21-15-10-11-22(12-15)16(23)14-8-6-7-9-14/h14-15H,5-13H2,1-4H3,(H2,19,20,21). The fourth-order valence-corrected chi connectivity index (χ4v) is 3.36. The number of carbonyl (C=O) groups excluding carboxylic acids is 1. The van der Waals surface area contributed by atoms with Crippen LogP contribution in [0.5, 0.6) is 0 Å². The molecule has 0 aromatic heterocycles. The first-order chi connectivity index (χ1) is 11.4. The maximum Gasteiger partial charge on any atom is 0.225 e. The Balaban J connectivity index is 1.86. The number of aliphatic imine (C=N–C) groups is 1. The van der Waals surface area contributed by atoms with Crippen LogP contribution in [-0.2, 0) is 9.53 Å². The van der Waals surface area contributed by atoms with Gasteiger partial charge in [0.2, 0.25) is 5.91 Å². The number of guanidine groups is 1. The van der Waals surface area contributed by atoms with Gasteiger partial charge in [-0.25, -0.2) is 0 Å². The van der Waals surface area contributed by atoms with Crippen LogP contribution in [0.4, 0.5) is 0 Å². The zero-order chi connectivity index (χ0) is 17.6. The van der Waals surface area contributed by atoms with E-state index in [4.69, 9.17) is 4.74 Å². The van der Waals surface area contributed by atoms with Crippen molar-refractivity contribution in [3.63, 3.8) is 0 Å². The van der Waals surface area contributed by atoms with Gasteiger partial charge in [-0.3, -0.25) is 9.79 Å². The van der Waals surface area contributed by atoms with Crippen molar-refractivity contribution in [2.24, 2.45) is 10.9 Å². The van der Waals surface area contributed by atoms with E-state index in [1.807, 2.05) is 18.7 Å². The summed E-state index contributed by atoms with van der Waals surface area (Å²) >= 11 is 0. The van der Waals surface area contributed by atoms with E-state index in [9.17, 15) is 4.79 Å². The van der Waals surface area contributed by atoms with Crippen LogP contribution < -0.4 is 10.6 Å². The molecule has 138 valence electrons. The topological polar surface area (TPSA) is 66.0 Å². The highest BCUT2D eigenvalue weighted by Gasteiger charge is 2.32. The van der Waals surface area contributed by atoms with Gasteiger partial charge in [0.05, 0.1) is 12.1 Å². The molecule has 6 heteroatoms. The average molecular weight is 338 g/mol. The van der Waals surface area contributed by atoms with Gasteiger partial charge in [-0.05, 0) is 40.0 Å². The summed E-state index contributed by atoms with van der Waals surface area (Å²) in [6.07, 6.45) is 5.54.